The van der Waals surface area contributed by atoms with E-state index in [9.17, 15) is 9.90 Å². The number of rotatable bonds is 12. The Morgan fingerprint density at radius 2 is 2.06 bits per heavy atom. The maximum atomic E-state index is 13.0. The Kier molecular flexibility index (Phi) is 10.9. The zero-order valence-electron chi connectivity index (χ0n) is 20.8. The predicted octanol–water partition coefficient (Wildman–Crippen LogP) is 4.73. The molecule has 7 heteroatoms. The van der Waals surface area contributed by atoms with E-state index in [0.29, 0.717) is 37.7 Å². The largest absolute Gasteiger partial charge is 0.385 e. The van der Waals surface area contributed by atoms with Crippen molar-refractivity contribution in [2.75, 3.05) is 33.4 Å². The number of halogens is 1. The molecule has 1 heterocycles. The number of urea groups is 1. The van der Waals surface area contributed by atoms with Crippen LogP contribution in [0.3, 0.4) is 0 Å². The lowest BCUT2D eigenvalue weighted by atomic mass is 9.74. The number of nitrogens with one attached hydrogen (secondary N) is 1. The maximum absolute atomic E-state index is 13.0. The summed E-state index contributed by atoms with van der Waals surface area (Å²) in [6, 6.07) is 17.5. The molecule has 1 aliphatic heterocycles. The Balaban J connectivity index is 1.58. The van der Waals surface area contributed by atoms with E-state index in [0.717, 1.165) is 44.1 Å². The minimum atomic E-state index is -1.05. The number of aliphatic hydroxyl groups is 1. The van der Waals surface area contributed by atoms with Crippen LogP contribution in [0.15, 0.2) is 54.6 Å². The van der Waals surface area contributed by atoms with Gasteiger partial charge >= 0.3 is 6.03 Å². The van der Waals surface area contributed by atoms with Crippen LogP contribution >= 0.6 is 11.6 Å². The first-order valence-corrected chi connectivity index (χ1v) is 13.1. The minimum absolute atomic E-state index is 0.0743. The first-order valence-electron chi connectivity index (χ1n) is 12.7. The van der Waals surface area contributed by atoms with E-state index in [1.165, 1.54) is 5.56 Å². The molecule has 2 amide bonds. The maximum Gasteiger partial charge on any atom is 0.317 e. The lowest BCUT2D eigenvalue weighted by Crippen LogP contribution is -2.52. The molecule has 0 spiro atoms. The van der Waals surface area contributed by atoms with Gasteiger partial charge < -0.3 is 25.8 Å². The molecule has 3 rings (SSSR count). The molecule has 192 valence electrons. The van der Waals surface area contributed by atoms with Crippen molar-refractivity contribution in [2.45, 2.75) is 56.6 Å². The number of aryl methyl sites for hydroxylation is 1. The number of piperidine rings is 1. The SMILES string of the molecule is COCCCCC(O)(c1cccc(Cl)c1)C1CCCN(C(=O)NCC(N)CCc2ccccc2)C1. The summed E-state index contributed by atoms with van der Waals surface area (Å²) in [4.78, 5) is 14.8. The van der Waals surface area contributed by atoms with Crippen LogP contribution in [0.1, 0.15) is 49.7 Å². The smallest absolute Gasteiger partial charge is 0.317 e. The molecule has 1 fully saturated rings. The van der Waals surface area contributed by atoms with Gasteiger partial charge in [0.1, 0.15) is 0 Å². The standard InChI is InChI=1S/C28H40ClN3O3/c1-35-18-6-5-16-28(34,23-11-7-13-25(29)19-23)24-12-8-17-32(21-24)27(33)31-20-26(30)15-14-22-9-3-2-4-10-22/h2-4,7,9-11,13,19,24,26,34H,5-6,8,12,14-18,20-21,30H2,1H3,(H,31,33). The molecule has 3 atom stereocenters. The van der Waals surface area contributed by atoms with Crippen molar-refractivity contribution in [1.29, 1.82) is 0 Å². The van der Waals surface area contributed by atoms with E-state index in [1.807, 2.05) is 47.4 Å². The number of ether oxygens (including phenoxy) is 1. The summed E-state index contributed by atoms with van der Waals surface area (Å²) in [5.41, 5.74) is 7.28. The number of nitrogens with two attached hydrogens (primary N) is 1. The third kappa shape index (κ3) is 8.21. The molecule has 2 aromatic rings. The second-order valence-corrected chi connectivity index (χ2v) is 10.1. The van der Waals surface area contributed by atoms with Crippen molar-refractivity contribution in [1.82, 2.24) is 10.2 Å². The van der Waals surface area contributed by atoms with Gasteiger partial charge in [0.2, 0.25) is 0 Å². The van der Waals surface area contributed by atoms with Crippen LogP contribution in [-0.2, 0) is 16.8 Å². The van der Waals surface area contributed by atoms with Gasteiger partial charge in [-0.3, -0.25) is 0 Å². The lowest BCUT2D eigenvalue weighted by molar-refractivity contribution is -0.0562. The van der Waals surface area contributed by atoms with Gasteiger partial charge in [0.15, 0.2) is 0 Å². The summed E-state index contributed by atoms with van der Waals surface area (Å²) in [7, 11) is 1.69. The predicted molar refractivity (Wildman–Crippen MR) is 142 cm³/mol. The molecule has 4 N–H and O–H groups in total. The lowest BCUT2D eigenvalue weighted by Gasteiger charge is -2.43. The van der Waals surface area contributed by atoms with Gasteiger partial charge in [0, 0.05) is 50.3 Å². The molecule has 0 aliphatic carbocycles. The van der Waals surface area contributed by atoms with Crippen molar-refractivity contribution in [3.05, 3.63) is 70.7 Å². The number of likely N-dealkylation sites (tertiary alicyclic amines) is 1. The molecule has 1 saturated heterocycles. The van der Waals surface area contributed by atoms with Crippen LogP contribution in [0.5, 0.6) is 0 Å². The van der Waals surface area contributed by atoms with Gasteiger partial charge in [0.05, 0.1) is 5.60 Å². The van der Waals surface area contributed by atoms with Crippen molar-refractivity contribution in [3.63, 3.8) is 0 Å². The molecule has 2 aromatic carbocycles. The molecule has 6 nitrogen and oxygen atoms in total. The number of amides is 2. The highest BCUT2D eigenvalue weighted by atomic mass is 35.5. The summed E-state index contributed by atoms with van der Waals surface area (Å²) in [5, 5.41) is 15.6. The van der Waals surface area contributed by atoms with E-state index in [4.69, 9.17) is 22.1 Å². The van der Waals surface area contributed by atoms with E-state index >= 15 is 0 Å². The molecule has 0 aromatic heterocycles. The summed E-state index contributed by atoms with van der Waals surface area (Å²) in [6.45, 7) is 2.27. The van der Waals surface area contributed by atoms with Crippen LogP contribution < -0.4 is 11.1 Å². The molecule has 0 saturated carbocycles. The Morgan fingerprint density at radius 3 is 2.80 bits per heavy atom. The fourth-order valence-electron chi connectivity index (χ4n) is 4.96. The molecule has 1 aliphatic rings. The molecular formula is C28H40ClN3O3. The topological polar surface area (TPSA) is 87.8 Å². The number of unbranched alkanes of at least 4 members (excludes halogenated alkanes) is 1. The van der Waals surface area contributed by atoms with Crippen molar-refractivity contribution >= 4 is 17.6 Å². The molecule has 35 heavy (non-hydrogen) atoms. The molecule has 0 radical (unpaired) electrons. The van der Waals surface area contributed by atoms with E-state index in [-0.39, 0.29) is 18.0 Å². The summed E-state index contributed by atoms with van der Waals surface area (Å²) in [5.74, 6) is -0.0743. The van der Waals surface area contributed by atoms with Crippen LogP contribution in [0.25, 0.3) is 0 Å². The average Bonchev–Trinajstić information content (AvgIpc) is 2.89. The zero-order chi connectivity index (χ0) is 25.1. The molecule has 3 unspecified atom stereocenters. The van der Waals surface area contributed by atoms with Crippen LogP contribution in [0.2, 0.25) is 5.02 Å². The Hall–Kier alpha value is -2.12. The monoisotopic (exact) mass is 501 g/mol. The molecule has 0 bridgehead atoms. The number of nitrogens with zero attached hydrogens (tertiary/aromatic N) is 1. The minimum Gasteiger partial charge on any atom is -0.385 e. The number of methoxy groups -OCH3 is 1. The number of carbonyl (C=O) groups excluding carboxylic acids is 1. The summed E-state index contributed by atoms with van der Waals surface area (Å²) in [6.07, 6.45) is 5.70. The van der Waals surface area contributed by atoms with E-state index < -0.39 is 5.60 Å². The van der Waals surface area contributed by atoms with Gasteiger partial charge in [-0.25, -0.2) is 4.79 Å². The first kappa shape index (κ1) is 27.5. The highest BCUT2D eigenvalue weighted by molar-refractivity contribution is 6.30. The van der Waals surface area contributed by atoms with Crippen LogP contribution in [0.4, 0.5) is 4.79 Å². The van der Waals surface area contributed by atoms with Crippen LogP contribution in [-0.4, -0.2) is 55.4 Å². The Morgan fingerprint density at radius 1 is 1.26 bits per heavy atom. The Labute approximate surface area is 214 Å². The first-order chi connectivity index (χ1) is 16.9. The highest BCUT2D eigenvalue weighted by Gasteiger charge is 2.41. The summed E-state index contributed by atoms with van der Waals surface area (Å²) >= 11 is 6.27. The van der Waals surface area contributed by atoms with Gasteiger partial charge in [-0.1, -0.05) is 54.1 Å². The fourth-order valence-corrected chi connectivity index (χ4v) is 5.15. The van der Waals surface area contributed by atoms with Crippen molar-refractivity contribution < 1.29 is 14.6 Å². The molecular weight excluding hydrogens is 462 g/mol. The van der Waals surface area contributed by atoms with E-state index in [2.05, 4.69) is 17.4 Å². The second kappa shape index (κ2) is 13.8. The highest BCUT2D eigenvalue weighted by Crippen LogP contribution is 2.40. The third-order valence-corrected chi connectivity index (χ3v) is 7.26. The van der Waals surface area contributed by atoms with Crippen LogP contribution in [0, 0.1) is 5.92 Å². The number of carbonyl (C=O) groups is 1. The van der Waals surface area contributed by atoms with Gasteiger partial charge in [-0.15, -0.1) is 0 Å². The number of benzene rings is 2. The van der Waals surface area contributed by atoms with Gasteiger partial charge in [-0.2, -0.15) is 0 Å². The number of hydrogen-bond donors (Lipinski definition) is 3. The van der Waals surface area contributed by atoms with E-state index in [1.54, 1.807) is 7.11 Å². The zero-order valence-corrected chi connectivity index (χ0v) is 21.6. The van der Waals surface area contributed by atoms with Crippen molar-refractivity contribution in [2.24, 2.45) is 11.7 Å². The average molecular weight is 502 g/mol. The number of hydrogen-bond acceptors (Lipinski definition) is 4. The third-order valence-electron chi connectivity index (χ3n) is 7.03. The quantitative estimate of drug-likeness (QED) is 0.367. The normalized spacial score (nSPS) is 18.6. The van der Waals surface area contributed by atoms with Gasteiger partial charge in [0.25, 0.3) is 0 Å². The Bertz CT molecular complexity index is 913. The summed E-state index contributed by atoms with van der Waals surface area (Å²) < 4.78 is 5.19. The fraction of sp³-hybridized carbons (Fsp3) is 0.536. The second-order valence-electron chi connectivity index (χ2n) is 9.64. The van der Waals surface area contributed by atoms with Crippen molar-refractivity contribution in [3.8, 4) is 0 Å². The van der Waals surface area contributed by atoms with Gasteiger partial charge in [-0.05, 0) is 68.2 Å².